The molecule has 0 fully saturated rings. The van der Waals surface area contributed by atoms with Crippen molar-refractivity contribution in [1.29, 1.82) is 0 Å². The number of sulfonamides is 1. The molecule has 1 aliphatic rings. The molecule has 0 unspecified atom stereocenters. The minimum Gasteiger partial charge on any atom is -0.383 e. The molecule has 0 atom stereocenters. The van der Waals surface area contributed by atoms with E-state index in [2.05, 4.69) is 9.62 Å². The van der Waals surface area contributed by atoms with Crippen molar-refractivity contribution in [2.75, 3.05) is 33.9 Å². The molecule has 20 heavy (non-hydrogen) atoms. The number of nitrogens with one attached hydrogen (secondary N) is 1. The number of primary sulfonamides is 1. The van der Waals surface area contributed by atoms with Gasteiger partial charge in [-0.1, -0.05) is 0 Å². The van der Waals surface area contributed by atoms with Crippen LogP contribution in [0.3, 0.4) is 0 Å². The third-order valence-electron chi connectivity index (χ3n) is 2.70. The van der Waals surface area contributed by atoms with Crippen LogP contribution in [-0.4, -0.2) is 47.2 Å². The van der Waals surface area contributed by atoms with Crippen molar-refractivity contribution in [3.8, 4) is 0 Å². The smallest absolute Gasteiger partial charge is 0.247 e. The molecule has 0 saturated carbocycles. The number of nitrogens with two attached hydrogens (primary N) is 1. The van der Waals surface area contributed by atoms with Gasteiger partial charge < -0.3 is 9.46 Å². The molecule has 0 aliphatic carbocycles. The van der Waals surface area contributed by atoms with Gasteiger partial charge in [-0.3, -0.25) is 4.90 Å². The zero-order valence-electron chi connectivity index (χ0n) is 11.3. The third-order valence-corrected chi connectivity index (χ3v) is 6.36. The lowest BCUT2D eigenvalue weighted by atomic mass is 10.2. The van der Waals surface area contributed by atoms with Gasteiger partial charge in [-0.25, -0.2) is 13.6 Å². The first-order valence-corrected chi connectivity index (χ1v) is 9.05. The van der Waals surface area contributed by atoms with Gasteiger partial charge in [0.05, 0.1) is 10.8 Å². The number of rotatable bonds is 6. The van der Waals surface area contributed by atoms with E-state index in [-0.39, 0.29) is 4.21 Å². The zero-order chi connectivity index (χ0) is 14.8. The largest absolute Gasteiger partial charge is 0.383 e. The van der Waals surface area contributed by atoms with Crippen molar-refractivity contribution in [2.45, 2.75) is 8.42 Å². The average molecular weight is 335 g/mol. The Balaban J connectivity index is 2.10. The summed E-state index contributed by atoms with van der Waals surface area (Å²) in [4.78, 5) is 2.13. The number of hydrogen-bond donors (Lipinski definition) is 2. The fourth-order valence-corrected chi connectivity index (χ4v) is 4.62. The van der Waals surface area contributed by atoms with Crippen LogP contribution >= 0.6 is 23.3 Å². The number of nitrogens with zero attached hydrogens (tertiary/aromatic N) is 1. The summed E-state index contributed by atoms with van der Waals surface area (Å²) in [6.07, 6.45) is 1.96. The van der Waals surface area contributed by atoms with Gasteiger partial charge >= 0.3 is 0 Å². The maximum absolute atomic E-state index is 11.3. The second kappa shape index (κ2) is 6.46. The van der Waals surface area contributed by atoms with E-state index < -0.39 is 10.0 Å². The lowest BCUT2D eigenvalue weighted by Gasteiger charge is -2.21. The molecule has 0 radical (unpaired) electrons. The van der Waals surface area contributed by atoms with E-state index in [1.807, 2.05) is 13.1 Å². The fourth-order valence-electron chi connectivity index (χ4n) is 1.71. The molecule has 9 heteroatoms. The van der Waals surface area contributed by atoms with Gasteiger partial charge in [0.1, 0.15) is 4.21 Å². The van der Waals surface area contributed by atoms with Crippen LogP contribution < -0.4 is 9.86 Å². The number of likely N-dealkylation sites (N-methyl/N-ethyl adjacent to an activating group) is 1. The molecular formula is C11H17N3O3S3. The molecule has 2 heterocycles. The first-order chi connectivity index (χ1) is 9.40. The molecule has 3 N–H and O–H groups in total. The quantitative estimate of drug-likeness (QED) is 0.752. The van der Waals surface area contributed by atoms with Gasteiger partial charge in [0.25, 0.3) is 0 Å². The molecule has 0 saturated heterocycles. The van der Waals surface area contributed by atoms with Crippen LogP contribution in [0.2, 0.25) is 0 Å². The van der Waals surface area contributed by atoms with E-state index in [1.54, 1.807) is 13.2 Å². The number of methoxy groups -OCH3 is 1. The Kier molecular flexibility index (Phi) is 5.10. The first-order valence-electron chi connectivity index (χ1n) is 5.87. The Labute approximate surface area is 127 Å². The van der Waals surface area contributed by atoms with Crippen LogP contribution in [0.25, 0.3) is 6.08 Å². The molecule has 0 spiro atoms. The molecule has 6 nitrogen and oxygen atoms in total. The van der Waals surface area contributed by atoms with Gasteiger partial charge in [0, 0.05) is 31.5 Å². The molecule has 112 valence electrons. The van der Waals surface area contributed by atoms with Gasteiger partial charge in [0.15, 0.2) is 0 Å². The summed E-state index contributed by atoms with van der Waals surface area (Å²) < 4.78 is 32.0. The maximum Gasteiger partial charge on any atom is 0.247 e. The van der Waals surface area contributed by atoms with Crippen LogP contribution in [-0.2, 0) is 14.8 Å². The zero-order valence-corrected chi connectivity index (χ0v) is 13.7. The van der Waals surface area contributed by atoms with Crippen molar-refractivity contribution in [1.82, 2.24) is 9.62 Å². The van der Waals surface area contributed by atoms with Crippen LogP contribution in [0.1, 0.15) is 5.56 Å². The SMILES string of the molecule is COCCN(C)CC1=Cc2cc(S(N)(=O)=O)sc2SN1. The summed E-state index contributed by atoms with van der Waals surface area (Å²) in [5.41, 5.74) is 1.93. The van der Waals surface area contributed by atoms with Gasteiger partial charge in [0.2, 0.25) is 10.0 Å². The minimum absolute atomic E-state index is 0.196. The highest BCUT2D eigenvalue weighted by atomic mass is 32.3. The van der Waals surface area contributed by atoms with E-state index >= 15 is 0 Å². The second-order valence-electron chi connectivity index (χ2n) is 4.46. The number of fused-ring (bicyclic) bond motifs is 1. The average Bonchev–Trinajstić information content (AvgIpc) is 2.79. The van der Waals surface area contributed by atoms with Crippen molar-refractivity contribution >= 4 is 39.4 Å². The summed E-state index contributed by atoms with van der Waals surface area (Å²) in [6.45, 7) is 2.26. The van der Waals surface area contributed by atoms with Gasteiger partial charge in [-0.2, -0.15) is 0 Å². The van der Waals surface area contributed by atoms with Crippen molar-refractivity contribution in [3.63, 3.8) is 0 Å². The number of hydrogen-bond acceptors (Lipinski definition) is 7. The molecule has 0 bridgehead atoms. The summed E-state index contributed by atoms with van der Waals surface area (Å²) >= 11 is 2.61. The first kappa shape index (κ1) is 15.8. The summed E-state index contributed by atoms with van der Waals surface area (Å²) in [5.74, 6) is 0. The summed E-state index contributed by atoms with van der Waals surface area (Å²) in [5, 5.41) is 5.15. The van der Waals surface area contributed by atoms with Crippen LogP contribution in [0.15, 0.2) is 20.2 Å². The van der Waals surface area contributed by atoms with E-state index in [0.717, 1.165) is 28.6 Å². The highest BCUT2D eigenvalue weighted by molar-refractivity contribution is 8.00. The number of ether oxygens (including phenoxy) is 1. The lowest BCUT2D eigenvalue weighted by molar-refractivity contribution is 0.165. The predicted octanol–water partition coefficient (Wildman–Crippen LogP) is 0.925. The van der Waals surface area contributed by atoms with Gasteiger partial charge in [-0.15, -0.1) is 11.3 Å². The van der Waals surface area contributed by atoms with Crippen LogP contribution in [0, 0.1) is 0 Å². The Hall–Kier alpha value is -0.580. The highest BCUT2D eigenvalue weighted by Crippen LogP contribution is 2.37. The summed E-state index contributed by atoms with van der Waals surface area (Å²) in [6, 6.07) is 1.62. The molecule has 0 amide bonds. The molecule has 0 aromatic carbocycles. The monoisotopic (exact) mass is 335 g/mol. The maximum atomic E-state index is 11.3. The van der Waals surface area contributed by atoms with Crippen molar-refractivity contribution in [2.24, 2.45) is 5.14 Å². The van der Waals surface area contributed by atoms with Crippen molar-refractivity contribution in [3.05, 3.63) is 17.3 Å². The Morgan fingerprint density at radius 3 is 2.90 bits per heavy atom. The molecular weight excluding hydrogens is 318 g/mol. The van der Waals surface area contributed by atoms with E-state index in [1.165, 1.54) is 23.3 Å². The van der Waals surface area contributed by atoms with E-state index in [0.29, 0.717) is 6.61 Å². The third kappa shape index (κ3) is 3.96. The predicted molar refractivity (Wildman–Crippen MR) is 82.0 cm³/mol. The van der Waals surface area contributed by atoms with Crippen LogP contribution in [0.5, 0.6) is 0 Å². The Bertz CT molecular complexity index is 610. The van der Waals surface area contributed by atoms with E-state index in [4.69, 9.17) is 9.88 Å². The van der Waals surface area contributed by atoms with Crippen LogP contribution in [0.4, 0.5) is 0 Å². The number of thiophene rings is 1. The standard InChI is InChI=1S/C11H17N3O3S3/c1-14(3-4-17-2)7-9-5-8-6-10(20(12,15)16)18-11(8)19-13-9/h5-6,13H,3-4,7H2,1-2H3,(H2,12,15,16). The fraction of sp³-hybridized carbons (Fsp3) is 0.455. The normalized spacial score (nSPS) is 14.9. The molecule has 1 aliphatic heterocycles. The lowest BCUT2D eigenvalue weighted by Crippen LogP contribution is -2.28. The molecule has 2 rings (SSSR count). The van der Waals surface area contributed by atoms with Crippen molar-refractivity contribution < 1.29 is 13.2 Å². The van der Waals surface area contributed by atoms with E-state index in [9.17, 15) is 8.42 Å². The second-order valence-corrected chi connectivity index (χ2v) is 8.37. The highest BCUT2D eigenvalue weighted by Gasteiger charge is 2.20. The van der Waals surface area contributed by atoms with Gasteiger partial charge in [-0.05, 0) is 31.1 Å². The molecule has 1 aromatic heterocycles. The minimum atomic E-state index is -3.63. The Morgan fingerprint density at radius 1 is 1.50 bits per heavy atom. The Morgan fingerprint density at radius 2 is 2.25 bits per heavy atom. The topological polar surface area (TPSA) is 84.7 Å². The summed E-state index contributed by atoms with van der Waals surface area (Å²) in [7, 11) is 0.0517. The molecule has 1 aromatic rings.